The summed E-state index contributed by atoms with van der Waals surface area (Å²) in [4.78, 5) is 13.5. The van der Waals surface area contributed by atoms with Crippen LogP contribution >= 0.6 is 11.6 Å². The average Bonchev–Trinajstić information content (AvgIpc) is 2.92. The lowest BCUT2D eigenvalue weighted by atomic mass is 10.1. The van der Waals surface area contributed by atoms with E-state index >= 15 is 0 Å². The maximum atomic E-state index is 13.4. The van der Waals surface area contributed by atoms with E-state index in [1.807, 2.05) is 0 Å². The lowest BCUT2D eigenvalue weighted by Gasteiger charge is -2.25. The summed E-state index contributed by atoms with van der Waals surface area (Å²) in [6.45, 7) is 4.07. The molecule has 120 valence electrons. The second-order valence-electron chi connectivity index (χ2n) is 5.34. The quantitative estimate of drug-likeness (QED) is 0.817. The van der Waals surface area contributed by atoms with Gasteiger partial charge in [-0.05, 0) is 42.7 Å². The van der Waals surface area contributed by atoms with Gasteiger partial charge in [-0.25, -0.2) is 4.39 Å². The molecule has 1 amide bonds. The molecule has 1 heterocycles. The van der Waals surface area contributed by atoms with Crippen LogP contribution in [0.5, 0.6) is 0 Å². The Balaban J connectivity index is 2.06. The normalized spacial score (nSPS) is 20.9. The van der Waals surface area contributed by atoms with E-state index in [-0.39, 0.29) is 31.3 Å². The average molecular weight is 328 g/mol. The molecule has 0 aromatic heterocycles. The summed E-state index contributed by atoms with van der Waals surface area (Å²) in [5.41, 5.74) is 0.608. The molecule has 1 aliphatic heterocycles. The Morgan fingerprint density at radius 3 is 2.77 bits per heavy atom. The van der Waals surface area contributed by atoms with Crippen LogP contribution in [0.1, 0.15) is 18.4 Å². The van der Waals surface area contributed by atoms with Gasteiger partial charge in [0.15, 0.2) is 0 Å². The van der Waals surface area contributed by atoms with Gasteiger partial charge < -0.3 is 14.7 Å². The van der Waals surface area contributed by atoms with Gasteiger partial charge in [0.2, 0.25) is 5.91 Å². The molecule has 6 heteroatoms. The van der Waals surface area contributed by atoms with Crippen LogP contribution in [0.3, 0.4) is 0 Å². The number of carbonyl (C=O) groups is 1. The van der Waals surface area contributed by atoms with E-state index in [4.69, 9.17) is 21.4 Å². The summed E-state index contributed by atoms with van der Waals surface area (Å²) in [6, 6.07) is 4.19. The number of hydrogen-bond donors (Lipinski definition) is 1. The zero-order valence-electron chi connectivity index (χ0n) is 12.2. The standard InChI is InChI=1S/C16H19ClFNO3/c1-2-16(21)19(9-14-3-4-15(10-20)22-14)8-11-5-12(17)7-13(18)6-11/h2,5-7,14-15,20H,1,3-4,8-10H2/t14-,15+/m1/s1. The number of ether oxygens (including phenoxy) is 1. The van der Waals surface area contributed by atoms with Crippen LogP contribution in [0.4, 0.5) is 4.39 Å². The Hall–Kier alpha value is -1.43. The van der Waals surface area contributed by atoms with E-state index < -0.39 is 5.82 Å². The number of halogens is 2. The van der Waals surface area contributed by atoms with Gasteiger partial charge in [0.25, 0.3) is 0 Å². The monoisotopic (exact) mass is 327 g/mol. The van der Waals surface area contributed by atoms with Crippen LogP contribution in [0.2, 0.25) is 5.02 Å². The largest absolute Gasteiger partial charge is 0.394 e. The summed E-state index contributed by atoms with van der Waals surface area (Å²) in [6.07, 6.45) is 2.46. The molecule has 1 N–H and O–H groups in total. The lowest BCUT2D eigenvalue weighted by molar-refractivity contribution is -0.128. The number of hydrogen-bond acceptors (Lipinski definition) is 3. The minimum absolute atomic E-state index is 0.0224. The number of carbonyl (C=O) groups excluding carboxylic acids is 1. The molecule has 4 nitrogen and oxygen atoms in total. The molecule has 1 fully saturated rings. The Labute approximate surface area is 134 Å². The van der Waals surface area contributed by atoms with Crippen molar-refractivity contribution in [2.75, 3.05) is 13.2 Å². The van der Waals surface area contributed by atoms with Gasteiger partial charge in [-0.3, -0.25) is 4.79 Å². The van der Waals surface area contributed by atoms with Gasteiger partial charge in [-0.15, -0.1) is 0 Å². The van der Waals surface area contributed by atoms with E-state index in [0.29, 0.717) is 17.1 Å². The van der Waals surface area contributed by atoms with E-state index in [9.17, 15) is 9.18 Å². The number of amides is 1. The van der Waals surface area contributed by atoms with Gasteiger partial charge in [-0.2, -0.15) is 0 Å². The molecular weight excluding hydrogens is 309 g/mol. The van der Waals surface area contributed by atoms with Crippen molar-refractivity contribution < 1.29 is 19.0 Å². The summed E-state index contributed by atoms with van der Waals surface area (Å²) in [7, 11) is 0. The maximum Gasteiger partial charge on any atom is 0.246 e. The zero-order valence-corrected chi connectivity index (χ0v) is 12.9. The van der Waals surface area contributed by atoms with Crippen LogP contribution in [0.25, 0.3) is 0 Å². The molecule has 22 heavy (non-hydrogen) atoms. The molecule has 0 spiro atoms. The van der Waals surface area contributed by atoms with Gasteiger partial charge in [0.05, 0.1) is 18.8 Å². The highest BCUT2D eigenvalue weighted by molar-refractivity contribution is 6.30. The number of aliphatic hydroxyl groups is 1. The third-order valence-corrected chi connectivity index (χ3v) is 3.82. The molecule has 2 rings (SSSR count). The SMILES string of the molecule is C=CC(=O)N(Cc1cc(F)cc(Cl)c1)C[C@H]1CC[C@@H](CO)O1. The smallest absolute Gasteiger partial charge is 0.246 e. The van der Waals surface area contributed by atoms with E-state index in [1.54, 1.807) is 11.0 Å². The second-order valence-corrected chi connectivity index (χ2v) is 5.78. The van der Waals surface area contributed by atoms with Crippen molar-refractivity contribution in [2.24, 2.45) is 0 Å². The first kappa shape index (κ1) is 16.9. The van der Waals surface area contributed by atoms with E-state index in [0.717, 1.165) is 12.8 Å². The third-order valence-electron chi connectivity index (χ3n) is 3.61. The van der Waals surface area contributed by atoms with Crippen LogP contribution in [0, 0.1) is 5.82 Å². The number of aliphatic hydroxyl groups excluding tert-OH is 1. The highest BCUT2D eigenvalue weighted by Crippen LogP contribution is 2.22. The Bertz CT molecular complexity index is 532. The summed E-state index contributed by atoms with van der Waals surface area (Å²) < 4.78 is 19.0. The first-order chi connectivity index (χ1) is 10.5. The van der Waals surface area contributed by atoms with Crippen LogP contribution < -0.4 is 0 Å². The molecule has 2 atom stereocenters. The van der Waals surface area contributed by atoms with Crippen LogP contribution in [0.15, 0.2) is 30.9 Å². The topological polar surface area (TPSA) is 49.8 Å². The first-order valence-electron chi connectivity index (χ1n) is 7.14. The molecule has 1 saturated heterocycles. The molecule has 0 bridgehead atoms. The Morgan fingerprint density at radius 2 is 2.18 bits per heavy atom. The van der Waals surface area contributed by atoms with Crippen molar-refractivity contribution in [2.45, 2.75) is 31.6 Å². The fourth-order valence-corrected chi connectivity index (χ4v) is 2.82. The van der Waals surface area contributed by atoms with Crippen molar-refractivity contribution in [3.8, 4) is 0 Å². The van der Waals surface area contributed by atoms with Crippen molar-refractivity contribution in [1.82, 2.24) is 4.90 Å². The van der Waals surface area contributed by atoms with Gasteiger partial charge in [-0.1, -0.05) is 18.2 Å². The maximum absolute atomic E-state index is 13.4. The summed E-state index contributed by atoms with van der Waals surface area (Å²) >= 11 is 5.84. The summed E-state index contributed by atoms with van der Waals surface area (Å²) in [5, 5.41) is 9.38. The van der Waals surface area contributed by atoms with Crippen LogP contribution in [-0.2, 0) is 16.1 Å². The van der Waals surface area contributed by atoms with Gasteiger partial charge in [0, 0.05) is 18.1 Å². The molecule has 0 saturated carbocycles. The van der Waals surface area contributed by atoms with Crippen molar-refractivity contribution in [3.63, 3.8) is 0 Å². The Kier molecular flexibility index (Phi) is 5.94. The third kappa shape index (κ3) is 4.53. The molecule has 1 aromatic rings. The fourth-order valence-electron chi connectivity index (χ4n) is 2.58. The first-order valence-corrected chi connectivity index (χ1v) is 7.52. The number of nitrogens with zero attached hydrogens (tertiary/aromatic N) is 1. The predicted octanol–water partition coefficient (Wildman–Crippen LogP) is 2.53. The van der Waals surface area contributed by atoms with Crippen molar-refractivity contribution in [3.05, 3.63) is 47.3 Å². The highest BCUT2D eigenvalue weighted by atomic mass is 35.5. The van der Waals surface area contributed by atoms with Gasteiger partial charge in [0.1, 0.15) is 5.82 Å². The Morgan fingerprint density at radius 1 is 1.45 bits per heavy atom. The lowest BCUT2D eigenvalue weighted by Crippen LogP contribution is -2.36. The number of benzene rings is 1. The fraction of sp³-hybridized carbons (Fsp3) is 0.438. The molecule has 1 aliphatic rings. The predicted molar refractivity (Wildman–Crippen MR) is 82.0 cm³/mol. The van der Waals surface area contributed by atoms with Crippen LogP contribution in [-0.4, -0.2) is 41.3 Å². The van der Waals surface area contributed by atoms with E-state index in [1.165, 1.54) is 18.2 Å². The molecule has 1 aromatic carbocycles. The van der Waals surface area contributed by atoms with Crippen molar-refractivity contribution >= 4 is 17.5 Å². The second kappa shape index (κ2) is 7.72. The summed E-state index contributed by atoms with van der Waals surface area (Å²) in [5.74, 6) is -0.692. The molecule has 0 radical (unpaired) electrons. The molecular formula is C16H19ClFNO3. The number of rotatable bonds is 6. The molecule has 0 aliphatic carbocycles. The van der Waals surface area contributed by atoms with Crippen molar-refractivity contribution in [1.29, 1.82) is 0 Å². The molecule has 0 unspecified atom stereocenters. The highest BCUT2D eigenvalue weighted by Gasteiger charge is 2.27. The minimum Gasteiger partial charge on any atom is -0.394 e. The van der Waals surface area contributed by atoms with E-state index in [2.05, 4.69) is 6.58 Å². The zero-order chi connectivity index (χ0) is 16.1. The minimum atomic E-state index is -0.439. The van der Waals surface area contributed by atoms with Gasteiger partial charge >= 0.3 is 0 Å².